The fourth-order valence-electron chi connectivity index (χ4n) is 10.1. The third-order valence-electron chi connectivity index (χ3n) is 13.5. The van der Waals surface area contributed by atoms with E-state index in [0.29, 0.717) is 0 Å². The Labute approximate surface area is 379 Å². The molecule has 2 heteroatoms. The molecule has 10 aromatic rings. The van der Waals surface area contributed by atoms with Crippen molar-refractivity contribution >= 4 is 66.4 Å². The molecule has 0 fully saturated rings. The lowest BCUT2D eigenvalue weighted by Crippen LogP contribution is -2.14. The Morgan fingerprint density at radius 3 is 1.05 bits per heavy atom. The molecule has 0 aliphatic rings. The van der Waals surface area contributed by atoms with Gasteiger partial charge >= 0.3 is 0 Å². The van der Waals surface area contributed by atoms with Crippen molar-refractivity contribution in [2.24, 2.45) is 0 Å². The SMILES string of the molecule is Cc1ccccc1-c1ccc(C)c(N(c2ccccc2)c2cc(C(C)C)c3ccc4c(N(c5ccccc5)c5cc(-c6ccccc6C)ccc5C)cc(C(C)C)c5ccc2c3c54)c1. The first kappa shape index (κ1) is 40.9. The fourth-order valence-corrected chi connectivity index (χ4v) is 10.1. The molecular weight excluding hydrogens is 773 g/mol. The highest BCUT2D eigenvalue weighted by Gasteiger charge is 2.27. The van der Waals surface area contributed by atoms with Crippen LogP contribution in [0.5, 0.6) is 0 Å². The molecule has 0 bridgehead atoms. The average Bonchev–Trinajstić information content (AvgIpc) is 3.31. The Hall–Kier alpha value is -7.16. The van der Waals surface area contributed by atoms with E-state index in [-0.39, 0.29) is 11.8 Å². The van der Waals surface area contributed by atoms with E-state index in [0.717, 1.165) is 11.4 Å². The average molecular weight is 829 g/mol. The molecule has 10 aromatic carbocycles. The highest BCUT2D eigenvalue weighted by Crippen LogP contribution is 2.52. The van der Waals surface area contributed by atoms with Gasteiger partial charge in [0.05, 0.1) is 11.4 Å². The van der Waals surface area contributed by atoms with Crippen molar-refractivity contribution in [2.75, 3.05) is 9.80 Å². The summed E-state index contributed by atoms with van der Waals surface area (Å²) in [6.07, 6.45) is 0. The topological polar surface area (TPSA) is 6.48 Å². The number of hydrogen-bond donors (Lipinski definition) is 0. The third-order valence-corrected chi connectivity index (χ3v) is 13.5. The van der Waals surface area contributed by atoms with Gasteiger partial charge in [-0.05, 0) is 165 Å². The summed E-state index contributed by atoms with van der Waals surface area (Å²) in [6, 6.07) is 67.9. The van der Waals surface area contributed by atoms with Crippen molar-refractivity contribution in [3.8, 4) is 22.3 Å². The minimum Gasteiger partial charge on any atom is -0.310 e. The van der Waals surface area contributed by atoms with Crippen LogP contribution in [0.4, 0.5) is 34.1 Å². The number of anilines is 6. The monoisotopic (exact) mass is 828 g/mol. The lowest BCUT2D eigenvalue weighted by atomic mass is 9.84. The highest BCUT2D eigenvalue weighted by atomic mass is 15.2. The molecular formula is C62H56N2. The van der Waals surface area contributed by atoms with Gasteiger partial charge in [-0.15, -0.1) is 0 Å². The van der Waals surface area contributed by atoms with Crippen molar-refractivity contribution in [1.29, 1.82) is 0 Å². The maximum absolute atomic E-state index is 2.52. The zero-order chi connectivity index (χ0) is 44.2. The number of rotatable bonds is 10. The van der Waals surface area contributed by atoms with Gasteiger partial charge in [-0.2, -0.15) is 0 Å². The van der Waals surface area contributed by atoms with Crippen LogP contribution in [-0.2, 0) is 0 Å². The van der Waals surface area contributed by atoms with E-state index in [4.69, 9.17) is 0 Å². The maximum atomic E-state index is 2.52. The summed E-state index contributed by atoms with van der Waals surface area (Å²) in [6.45, 7) is 18.3. The molecule has 0 aliphatic carbocycles. The molecule has 10 rings (SSSR count). The van der Waals surface area contributed by atoms with Crippen LogP contribution >= 0.6 is 0 Å². The molecule has 0 atom stereocenters. The van der Waals surface area contributed by atoms with Gasteiger partial charge in [-0.1, -0.05) is 161 Å². The molecule has 0 aromatic heterocycles. The van der Waals surface area contributed by atoms with Crippen molar-refractivity contribution in [3.63, 3.8) is 0 Å². The highest BCUT2D eigenvalue weighted by molar-refractivity contribution is 6.29. The summed E-state index contributed by atoms with van der Waals surface area (Å²) in [5.41, 5.74) is 19.7. The Balaban J connectivity index is 1.30. The zero-order valence-corrected chi connectivity index (χ0v) is 38.4. The smallest absolute Gasteiger partial charge is 0.0543 e. The lowest BCUT2D eigenvalue weighted by molar-refractivity contribution is 0.875. The van der Waals surface area contributed by atoms with Crippen LogP contribution in [0.25, 0.3) is 54.6 Å². The van der Waals surface area contributed by atoms with Gasteiger partial charge in [0.1, 0.15) is 0 Å². The summed E-state index contributed by atoms with van der Waals surface area (Å²) in [4.78, 5) is 5.05. The van der Waals surface area contributed by atoms with Crippen LogP contribution in [0.15, 0.2) is 182 Å². The first-order chi connectivity index (χ1) is 31.1. The van der Waals surface area contributed by atoms with Gasteiger partial charge in [0.25, 0.3) is 0 Å². The third kappa shape index (κ3) is 6.99. The summed E-state index contributed by atoms with van der Waals surface area (Å²) >= 11 is 0. The molecule has 0 saturated heterocycles. The second-order valence-electron chi connectivity index (χ2n) is 18.3. The van der Waals surface area contributed by atoms with Gasteiger partial charge in [0.2, 0.25) is 0 Å². The molecule has 0 amide bonds. The van der Waals surface area contributed by atoms with Gasteiger partial charge in [0.15, 0.2) is 0 Å². The van der Waals surface area contributed by atoms with Crippen molar-refractivity contribution in [2.45, 2.75) is 67.2 Å². The van der Waals surface area contributed by atoms with Gasteiger partial charge < -0.3 is 9.80 Å². The molecule has 0 radical (unpaired) electrons. The second kappa shape index (κ2) is 16.5. The predicted octanol–water partition coefficient (Wildman–Crippen LogP) is 18.3. The molecule has 0 aliphatic heterocycles. The van der Waals surface area contributed by atoms with E-state index in [1.165, 1.54) is 111 Å². The van der Waals surface area contributed by atoms with Crippen LogP contribution in [0, 0.1) is 27.7 Å². The Morgan fingerprint density at radius 2 is 0.672 bits per heavy atom. The molecule has 2 nitrogen and oxygen atoms in total. The molecule has 0 heterocycles. The van der Waals surface area contributed by atoms with Gasteiger partial charge in [-0.3, -0.25) is 0 Å². The van der Waals surface area contributed by atoms with Gasteiger partial charge in [0, 0.05) is 33.5 Å². The van der Waals surface area contributed by atoms with Crippen molar-refractivity contribution in [3.05, 3.63) is 215 Å². The molecule has 0 unspecified atom stereocenters. The fraction of sp³-hybridized carbons (Fsp3) is 0.161. The van der Waals surface area contributed by atoms with Crippen molar-refractivity contribution in [1.82, 2.24) is 0 Å². The van der Waals surface area contributed by atoms with Crippen LogP contribution in [-0.4, -0.2) is 0 Å². The first-order valence-corrected chi connectivity index (χ1v) is 22.9. The number of hydrogen-bond acceptors (Lipinski definition) is 2. The first-order valence-electron chi connectivity index (χ1n) is 22.9. The number of para-hydroxylation sites is 2. The van der Waals surface area contributed by atoms with Crippen LogP contribution in [0.2, 0.25) is 0 Å². The predicted molar refractivity (Wildman–Crippen MR) is 278 cm³/mol. The quantitative estimate of drug-likeness (QED) is 0.127. The minimum atomic E-state index is 0.289. The summed E-state index contributed by atoms with van der Waals surface area (Å²) < 4.78 is 0. The second-order valence-corrected chi connectivity index (χ2v) is 18.3. The number of benzene rings is 10. The normalized spacial score (nSPS) is 11.7. The van der Waals surface area contributed by atoms with Crippen molar-refractivity contribution < 1.29 is 0 Å². The van der Waals surface area contributed by atoms with E-state index in [1.54, 1.807) is 0 Å². The van der Waals surface area contributed by atoms with E-state index in [1.807, 2.05) is 0 Å². The Bertz CT molecular complexity index is 3100. The Kier molecular flexibility index (Phi) is 10.6. The molecule has 0 spiro atoms. The largest absolute Gasteiger partial charge is 0.310 e. The molecule has 314 valence electrons. The molecule has 0 saturated carbocycles. The summed E-state index contributed by atoms with van der Waals surface area (Å²) in [7, 11) is 0. The molecule has 0 N–H and O–H groups in total. The van der Waals surface area contributed by atoms with Crippen LogP contribution < -0.4 is 9.80 Å². The number of nitrogens with zero attached hydrogens (tertiary/aromatic N) is 2. The number of aryl methyl sites for hydroxylation is 4. The Morgan fingerprint density at radius 1 is 0.312 bits per heavy atom. The van der Waals surface area contributed by atoms with E-state index >= 15 is 0 Å². The van der Waals surface area contributed by atoms with E-state index in [9.17, 15) is 0 Å². The molecule has 64 heavy (non-hydrogen) atoms. The minimum absolute atomic E-state index is 0.289. The summed E-state index contributed by atoms with van der Waals surface area (Å²) in [5, 5.41) is 7.79. The van der Waals surface area contributed by atoms with Crippen LogP contribution in [0.3, 0.4) is 0 Å². The van der Waals surface area contributed by atoms with E-state index in [2.05, 4.69) is 247 Å². The lowest BCUT2D eigenvalue weighted by Gasteiger charge is -2.32. The zero-order valence-electron chi connectivity index (χ0n) is 38.4. The summed E-state index contributed by atoms with van der Waals surface area (Å²) in [5.74, 6) is 0.578. The van der Waals surface area contributed by atoms with Gasteiger partial charge in [-0.25, -0.2) is 0 Å². The van der Waals surface area contributed by atoms with Crippen LogP contribution in [0.1, 0.15) is 72.9 Å². The standard InChI is InChI=1S/C62H56N2/c1-39(2)55-37-59(63(47-21-11-9-12-22-47)57-35-45(29-27-43(57)7)49-25-17-15-19-41(49)5)53-34-32-52-56(40(3)4)38-60(54-33-31-51(55)61(53)62(52)54)64(48-23-13-10-14-24-48)58-36-46(30-28-44(58)8)50-26-18-16-20-42(50)6/h9-40H,1-8H3. The van der Waals surface area contributed by atoms with E-state index < -0.39 is 0 Å². The maximum Gasteiger partial charge on any atom is 0.0543 e.